The third-order valence-electron chi connectivity index (χ3n) is 9.26. The van der Waals surface area contributed by atoms with Crippen molar-refractivity contribution in [2.24, 2.45) is 0 Å². The van der Waals surface area contributed by atoms with Crippen LogP contribution in [0, 0.1) is 0 Å². The van der Waals surface area contributed by atoms with Crippen LogP contribution in [0.1, 0.15) is 68.8 Å². The number of phenols is 2. The molecule has 274 valence electrons. The Morgan fingerprint density at radius 1 is 1.10 bits per heavy atom. The maximum atomic E-state index is 13.9. The van der Waals surface area contributed by atoms with Gasteiger partial charge in [-0.3, -0.25) is 19.2 Å². The molecule has 7 N–H and O–H groups in total. The number of ether oxygens (including phenoxy) is 3. The van der Waals surface area contributed by atoms with E-state index < -0.39 is 110 Å². The summed E-state index contributed by atoms with van der Waals surface area (Å²) in [4.78, 5) is 66.7. The van der Waals surface area contributed by atoms with E-state index in [4.69, 9.17) is 19.0 Å². The molecule has 0 spiro atoms. The van der Waals surface area contributed by atoms with Crippen LogP contribution in [0.4, 0.5) is 0 Å². The number of hydrogen-bond acceptors (Lipinski definition) is 13. The number of methoxy groups -OCH3 is 1. The Bertz CT molecular complexity index is 1750. The predicted octanol–water partition coefficient (Wildman–Crippen LogP) is 0.0751. The Labute approximate surface area is 286 Å². The highest BCUT2D eigenvalue weighted by atomic mass is 31.2. The summed E-state index contributed by atoms with van der Waals surface area (Å²) in [6.07, 6.45) is -7.42. The van der Waals surface area contributed by atoms with Crippen molar-refractivity contribution < 1.29 is 77.8 Å². The average Bonchev–Trinajstić information content (AvgIpc) is 3.03. The molecule has 1 heterocycles. The van der Waals surface area contributed by atoms with Gasteiger partial charge in [-0.1, -0.05) is 17.0 Å². The molecule has 17 nitrogen and oxygen atoms in total. The smallest absolute Gasteiger partial charge is 0.426 e. The number of hydrogen-bond donors (Lipinski definition) is 7. The number of rotatable bonds is 11. The van der Waals surface area contributed by atoms with E-state index >= 15 is 0 Å². The number of nitrogens with zero attached hydrogens (tertiary/aromatic N) is 2. The first-order chi connectivity index (χ1) is 23.2. The molecule has 18 heteroatoms. The van der Waals surface area contributed by atoms with Crippen molar-refractivity contribution in [2.45, 2.75) is 62.4 Å². The summed E-state index contributed by atoms with van der Waals surface area (Å²) in [7, 11) is 1.65. The number of fused-ring (bicyclic) bond motifs is 3. The summed E-state index contributed by atoms with van der Waals surface area (Å²) in [5, 5.41) is 55.4. The summed E-state index contributed by atoms with van der Waals surface area (Å²) in [6, 6.07) is 2.83. The molecule has 0 bridgehead atoms. The van der Waals surface area contributed by atoms with E-state index in [1.807, 2.05) is 21.1 Å². The minimum atomic E-state index is -5.16. The third kappa shape index (κ3) is 6.83. The number of aliphatic hydroxyl groups is 3. The van der Waals surface area contributed by atoms with Crippen molar-refractivity contribution in [1.82, 2.24) is 4.83 Å². The zero-order valence-electron chi connectivity index (χ0n) is 28.1. The van der Waals surface area contributed by atoms with Crippen LogP contribution in [-0.4, -0.2) is 140 Å². The van der Waals surface area contributed by atoms with Crippen LogP contribution in [0.25, 0.3) is 0 Å². The van der Waals surface area contributed by atoms with E-state index in [-0.39, 0.29) is 34.6 Å². The predicted molar refractivity (Wildman–Crippen MR) is 170 cm³/mol. The Morgan fingerprint density at radius 2 is 1.76 bits per heavy atom. The molecular formula is C32H42N2O15P+. The van der Waals surface area contributed by atoms with Crippen molar-refractivity contribution in [2.75, 3.05) is 48.0 Å². The van der Waals surface area contributed by atoms with Gasteiger partial charge in [0, 0.05) is 36.0 Å². The highest BCUT2D eigenvalue weighted by Gasteiger charge is 2.51. The lowest BCUT2D eigenvalue weighted by Crippen LogP contribution is -2.55. The zero-order chi connectivity index (χ0) is 37.1. The minimum Gasteiger partial charge on any atom is -0.507 e. The zero-order valence-corrected chi connectivity index (χ0v) is 29.0. The Hall–Kier alpha value is -3.32. The normalized spacial score (nSPS) is 26.7. The van der Waals surface area contributed by atoms with Gasteiger partial charge in [0.15, 0.2) is 17.9 Å². The Kier molecular flexibility index (Phi) is 10.4. The number of likely N-dealkylation sites (N-methyl/N-ethyl adjacent to an activating group) is 1. The lowest BCUT2D eigenvalue weighted by molar-refractivity contribution is -0.871. The van der Waals surface area contributed by atoms with E-state index in [1.54, 1.807) is 0 Å². The fourth-order valence-electron chi connectivity index (χ4n) is 6.68. The number of aliphatic hydroxyl groups excluding tert-OH is 2. The van der Waals surface area contributed by atoms with Gasteiger partial charge in [0.25, 0.3) is 0 Å². The highest BCUT2D eigenvalue weighted by molar-refractivity contribution is 7.48. The van der Waals surface area contributed by atoms with Gasteiger partial charge >= 0.3 is 7.75 Å². The van der Waals surface area contributed by atoms with Gasteiger partial charge in [0.05, 0.1) is 69.3 Å². The number of phenolic OH excluding ortho intramolecular Hbond substituents is 2. The molecule has 0 radical (unpaired) electrons. The maximum Gasteiger partial charge on any atom is 0.426 e. The lowest BCUT2D eigenvalue weighted by atomic mass is 9.72. The summed E-state index contributed by atoms with van der Waals surface area (Å²) in [5.74, 6) is -4.33. The summed E-state index contributed by atoms with van der Waals surface area (Å²) >= 11 is 0. The van der Waals surface area contributed by atoms with E-state index in [9.17, 15) is 54.3 Å². The number of benzene rings is 2. The number of carbonyl (C=O) groups excluding carboxylic acids is 3. The SMILES string of the molecule is COc1cccc2c1C(=O)c1c(O)c3c(c(O)c1C2=O)C[C@@](O)(C(=O)CO)C[C@@H]3OC1CC(N(OCC[N+](C)(C)C)P(=O)(O)O)C(O)C(C)O1. The third-order valence-corrected chi connectivity index (χ3v) is 10.2. The van der Waals surface area contributed by atoms with Crippen LogP contribution in [0.15, 0.2) is 18.2 Å². The number of ketones is 3. The van der Waals surface area contributed by atoms with Crippen LogP contribution in [-0.2, 0) is 30.1 Å². The van der Waals surface area contributed by atoms with Crippen molar-refractivity contribution in [3.8, 4) is 17.2 Å². The lowest BCUT2D eigenvalue weighted by Gasteiger charge is -2.44. The van der Waals surface area contributed by atoms with Crippen LogP contribution >= 0.6 is 7.75 Å². The second-order valence-electron chi connectivity index (χ2n) is 13.7. The van der Waals surface area contributed by atoms with E-state index in [0.717, 1.165) is 0 Å². The van der Waals surface area contributed by atoms with Gasteiger partial charge in [0.1, 0.15) is 42.6 Å². The van der Waals surface area contributed by atoms with E-state index in [2.05, 4.69) is 0 Å². The first kappa shape index (κ1) is 37.9. The number of carbonyl (C=O) groups is 3. The molecule has 0 amide bonds. The molecule has 5 rings (SSSR count). The monoisotopic (exact) mass is 725 g/mol. The van der Waals surface area contributed by atoms with Gasteiger partial charge in [-0.2, -0.15) is 0 Å². The Balaban J connectivity index is 1.58. The molecule has 3 aliphatic rings. The first-order valence-corrected chi connectivity index (χ1v) is 17.3. The topological polar surface area (TPSA) is 250 Å². The van der Waals surface area contributed by atoms with Crippen molar-refractivity contribution in [3.05, 3.63) is 51.6 Å². The fourth-order valence-corrected chi connectivity index (χ4v) is 7.53. The van der Waals surface area contributed by atoms with Crippen LogP contribution in [0.3, 0.4) is 0 Å². The summed E-state index contributed by atoms with van der Waals surface area (Å²) in [5.41, 5.74) is -4.39. The summed E-state index contributed by atoms with van der Waals surface area (Å²) in [6.45, 7) is 0.496. The fraction of sp³-hybridized carbons (Fsp3) is 0.531. The number of Topliss-reactive ketones (excluding diaryl/α,β-unsaturated/α-hetero) is 1. The van der Waals surface area contributed by atoms with Crippen LogP contribution < -0.4 is 4.74 Å². The van der Waals surface area contributed by atoms with Crippen LogP contribution in [0.5, 0.6) is 17.2 Å². The van der Waals surface area contributed by atoms with Crippen molar-refractivity contribution in [3.63, 3.8) is 0 Å². The molecule has 2 aromatic rings. The molecule has 0 saturated carbocycles. The standard InChI is InChI=1S/C32H41N2O15P/c1-15-27(37)18(33(50(43,44)45)47-10-9-34(2,3)4)11-22(48-15)49-20-13-32(42,21(36)14-35)12-17-24(20)31(41)26-25(29(17)39)28(38)16-7-6-8-19(46-5)23(16)30(26)40/h6-8,15,18,20,22,27,35,37,42H,9-14H2,1-5H3,(H3-,38,39,40,41,43,44,45)/p+1/t15?,18?,20-,22?,27?,32-/m0/s1. The number of hydroxylamine groups is 1. The maximum absolute atomic E-state index is 13.9. The summed E-state index contributed by atoms with van der Waals surface area (Å²) < 4.78 is 30.2. The molecule has 0 aromatic heterocycles. The van der Waals surface area contributed by atoms with Crippen molar-refractivity contribution >= 4 is 25.1 Å². The number of aromatic hydroxyl groups is 2. The molecule has 4 unspecified atom stereocenters. The minimum absolute atomic E-state index is 0.0336. The van der Waals surface area contributed by atoms with Gasteiger partial charge in [-0.15, -0.1) is 0 Å². The number of quaternary nitrogens is 1. The van der Waals surface area contributed by atoms with Gasteiger partial charge in [-0.25, -0.2) is 4.57 Å². The van der Waals surface area contributed by atoms with E-state index in [1.165, 1.54) is 32.2 Å². The van der Waals surface area contributed by atoms with Crippen molar-refractivity contribution in [1.29, 1.82) is 0 Å². The molecule has 1 saturated heterocycles. The van der Waals surface area contributed by atoms with E-state index in [0.29, 0.717) is 15.9 Å². The quantitative estimate of drug-likeness (QED) is 0.0598. The molecular weight excluding hydrogens is 683 g/mol. The molecule has 1 fully saturated rings. The largest absolute Gasteiger partial charge is 0.507 e. The second kappa shape index (κ2) is 13.7. The molecule has 50 heavy (non-hydrogen) atoms. The first-order valence-electron chi connectivity index (χ1n) is 15.7. The molecule has 2 aliphatic carbocycles. The Morgan fingerprint density at radius 3 is 2.36 bits per heavy atom. The molecule has 1 aliphatic heterocycles. The van der Waals surface area contributed by atoms with Gasteiger partial charge < -0.3 is 54.0 Å². The molecule has 2 aromatic carbocycles. The second-order valence-corrected chi connectivity index (χ2v) is 15.1. The van der Waals surface area contributed by atoms with Gasteiger partial charge in [0.2, 0.25) is 5.78 Å². The van der Waals surface area contributed by atoms with Gasteiger partial charge in [-0.05, 0) is 13.0 Å². The highest BCUT2D eigenvalue weighted by Crippen LogP contribution is 2.53. The average molecular weight is 726 g/mol. The van der Waals surface area contributed by atoms with Crippen LogP contribution in [0.2, 0.25) is 0 Å². The molecule has 6 atom stereocenters.